The van der Waals surface area contributed by atoms with Gasteiger partial charge in [-0.2, -0.15) is 5.10 Å². The third kappa shape index (κ3) is 5.21. The minimum atomic E-state index is -4.54. The van der Waals surface area contributed by atoms with Gasteiger partial charge < -0.3 is 9.79 Å². The second-order valence-corrected chi connectivity index (χ2v) is 9.69. The van der Waals surface area contributed by atoms with E-state index in [4.69, 9.17) is 0 Å². The van der Waals surface area contributed by atoms with E-state index in [-0.39, 0.29) is 0 Å². The summed E-state index contributed by atoms with van der Waals surface area (Å²) in [6.07, 6.45) is 1.69. The zero-order valence-corrected chi connectivity index (χ0v) is 18.9. The quantitative estimate of drug-likeness (QED) is 0.303. The average Bonchev–Trinajstić information content (AvgIpc) is 3.20. The van der Waals surface area contributed by atoms with Crippen LogP contribution in [-0.4, -0.2) is 19.6 Å². The predicted molar refractivity (Wildman–Crippen MR) is 125 cm³/mol. The van der Waals surface area contributed by atoms with Gasteiger partial charge in [-0.1, -0.05) is 76.6 Å². The molecular weight excluding hydrogens is 477 g/mol. The highest BCUT2D eigenvalue weighted by Crippen LogP contribution is 2.52. The van der Waals surface area contributed by atoms with Crippen molar-refractivity contribution >= 4 is 23.5 Å². The average molecular weight is 498 g/mol. The van der Waals surface area contributed by atoms with E-state index in [1.165, 1.54) is 0 Å². The number of nitrogens with one attached hydrogen (secondary N) is 1. The van der Waals surface area contributed by atoms with E-state index in [1.54, 1.807) is 10.9 Å². The normalized spacial score (nSPS) is 12.6. The van der Waals surface area contributed by atoms with E-state index in [1.807, 2.05) is 84.9 Å². The van der Waals surface area contributed by atoms with Crippen LogP contribution in [0.4, 0.5) is 0 Å². The summed E-state index contributed by atoms with van der Waals surface area (Å²) in [5.74, 6) is -1.20. The molecule has 31 heavy (non-hydrogen) atoms. The monoisotopic (exact) mass is 497 g/mol. The van der Waals surface area contributed by atoms with Gasteiger partial charge in [0.25, 0.3) is 0 Å². The van der Waals surface area contributed by atoms with E-state index >= 15 is 0 Å². The summed E-state index contributed by atoms with van der Waals surface area (Å²) in [5.41, 5.74) is 3.47. The van der Waals surface area contributed by atoms with E-state index in [0.29, 0.717) is 17.8 Å². The zero-order valence-electron chi connectivity index (χ0n) is 16.5. The van der Waals surface area contributed by atoms with Crippen LogP contribution >= 0.6 is 23.5 Å². The van der Waals surface area contributed by atoms with Crippen LogP contribution in [0, 0.1) is 0 Å². The minimum Gasteiger partial charge on any atom is -0.323 e. The smallest absolute Gasteiger partial charge is 0.323 e. The number of hydrogen-bond donors (Lipinski definition) is 3. The fraction of sp³-hybridized carbons (Fsp3) is 0.0870. The van der Waals surface area contributed by atoms with E-state index < -0.39 is 13.4 Å². The van der Waals surface area contributed by atoms with Crippen molar-refractivity contribution in [3.63, 3.8) is 0 Å². The summed E-state index contributed by atoms with van der Waals surface area (Å²) in [6.45, 7) is 0.312. The van der Waals surface area contributed by atoms with Crippen molar-refractivity contribution in [2.75, 3.05) is 0 Å². The Morgan fingerprint density at radius 3 is 2.16 bits per heavy atom. The van der Waals surface area contributed by atoms with Crippen LogP contribution in [0.15, 0.2) is 95.6 Å². The molecule has 0 spiro atoms. The predicted octanol–water partition coefficient (Wildman–Crippen LogP) is 5.27. The number of rotatable bonds is 7. The van der Waals surface area contributed by atoms with Gasteiger partial charge in [-0.05, 0) is 29.8 Å². The fourth-order valence-corrected chi connectivity index (χ4v) is 4.50. The highest BCUT2D eigenvalue weighted by molar-refractivity contribution is 9.10. The first-order chi connectivity index (χ1) is 14.9. The Bertz CT molecular complexity index is 1190. The second kappa shape index (κ2) is 9.30. The first kappa shape index (κ1) is 21.7. The molecule has 3 N–H and O–H groups in total. The topological polar surface area (TPSA) is 87.4 Å². The van der Waals surface area contributed by atoms with Crippen LogP contribution in [0.25, 0.3) is 16.9 Å². The number of aromatic nitrogens is 2. The molecule has 0 fully saturated rings. The molecule has 0 saturated carbocycles. The summed E-state index contributed by atoms with van der Waals surface area (Å²) >= 11 is 3.43. The van der Waals surface area contributed by atoms with Crippen molar-refractivity contribution in [1.29, 1.82) is 0 Å². The summed E-state index contributed by atoms with van der Waals surface area (Å²) < 4.78 is 15.1. The van der Waals surface area contributed by atoms with Crippen LogP contribution in [0.5, 0.6) is 0 Å². The van der Waals surface area contributed by atoms with Gasteiger partial charge in [0.2, 0.25) is 0 Å². The van der Waals surface area contributed by atoms with Crippen molar-refractivity contribution in [3.8, 4) is 16.9 Å². The molecule has 0 saturated heterocycles. The lowest BCUT2D eigenvalue weighted by atomic mass is 10.1. The molecule has 0 amide bonds. The maximum absolute atomic E-state index is 12.5. The SMILES string of the molecule is O=P(O)(O)C(NCc1ccccc1)c1cn(-c2ccccc2)nc1-c1ccc(Br)cc1. The number of hydrogen-bond acceptors (Lipinski definition) is 3. The fourth-order valence-electron chi connectivity index (χ4n) is 3.35. The first-order valence-corrected chi connectivity index (χ1v) is 12.1. The summed E-state index contributed by atoms with van der Waals surface area (Å²) in [6, 6.07) is 26.5. The zero-order chi connectivity index (χ0) is 21.8. The van der Waals surface area contributed by atoms with Crippen molar-refractivity contribution in [3.05, 3.63) is 107 Å². The maximum atomic E-state index is 12.5. The van der Waals surface area contributed by atoms with Crippen LogP contribution in [0.2, 0.25) is 0 Å². The van der Waals surface area contributed by atoms with Crippen molar-refractivity contribution < 1.29 is 14.4 Å². The molecule has 1 atom stereocenters. The molecule has 1 unspecified atom stereocenters. The lowest BCUT2D eigenvalue weighted by Gasteiger charge is -2.20. The van der Waals surface area contributed by atoms with Gasteiger partial charge in [0, 0.05) is 28.3 Å². The van der Waals surface area contributed by atoms with Crippen molar-refractivity contribution in [1.82, 2.24) is 15.1 Å². The molecule has 1 aromatic heterocycles. The van der Waals surface area contributed by atoms with E-state index in [2.05, 4.69) is 26.3 Å². The number of para-hydroxylation sites is 1. The molecule has 0 aliphatic rings. The van der Waals surface area contributed by atoms with Crippen LogP contribution in [0.1, 0.15) is 16.9 Å². The molecule has 3 aromatic carbocycles. The van der Waals surface area contributed by atoms with Crippen LogP contribution in [-0.2, 0) is 11.1 Å². The molecule has 1 heterocycles. The van der Waals surface area contributed by atoms with Crippen molar-refractivity contribution in [2.45, 2.75) is 12.3 Å². The molecule has 6 nitrogen and oxygen atoms in total. The number of nitrogens with zero attached hydrogens (tertiary/aromatic N) is 2. The van der Waals surface area contributed by atoms with E-state index in [9.17, 15) is 14.4 Å². The minimum absolute atomic E-state index is 0.312. The van der Waals surface area contributed by atoms with Gasteiger partial charge in [-0.25, -0.2) is 4.68 Å². The molecule has 4 rings (SSSR count). The molecule has 0 bridgehead atoms. The van der Waals surface area contributed by atoms with Crippen LogP contribution < -0.4 is 5.32 Å². The lowest BCUT2D eigenvalue weighted by Crippen LogP contribution is -2.21. The van der Waals surface area contributed by atoms with Crippen LogP contribution in [0.3, 0.4) is 0 Å². The Hall–Kier alpha value is -2.54. The third-order valence-electron chi connectivity index (χ3n) is 4.85. The maximum Gasteiger partial charge on any atom is 0.346 e. The third-order valence-corrected chi connectivity index (χ3v) is 6.52. The molecule has 8 heteroatoms. The molecule has 4 aromatic rings. The highest BCUT2D eigenvalue weighted by Gasteiger charge is 2.34. The van der Waals surface area contributed by atoms with Gasteiger partial charge >= 0.3 is 7.60 Å². The lowest BCUT2D eigenvalue weighted by molar-refractivity contribution is 0.347. The molecule has 158 valence electrons. The molecular formula is C23H21BrN3O3P. The Labute approximate surface area is 188 Å². The highest BCUT2D eigenvalue weighted by atomic mass is 79.9. The molecule has 0 aliphatic carbocycles. The standard InChI is InChI=1S/C23H21BrN3O3P/c24-19-13-11-18(12-14-19)22-21(16-27(26-22)20-9-5-2-6-10-20)23(31(28,29)30)25-15-17-7-3-1-4-8-17/h1-14,16,23,25H,15H2,(H2,28,29,30). The van der Waals surface area contributed by atoms with Crippen molar-refractivity contribution in [2.24, 2.45) is 0 Å². The van der Waals surface area contributed by atoms with E-state index in [0.717, 1.165) is 21.3 Å². The summed E-state index contributed by atoms with van der Waals surface area (Å²) in [5, 5.41) is 7.74. The Balaban J connectivity index is 1.79. The van der Waals surface area contributed by atoms with Gasteiger partial charge in [-0.3, -0.25) is 9.88 Å². The molecule has 0 aliphatic heterocycles. The second-order valence-electron chi connectivity index (χ2n) is 7.08. The number of halogens is 1. The Morgan fingerprint density at radius 2 is 1.55 bits per heavy atom. The van der Waals surface area contributed by atoms with Gasteiger partial charge in [0.1, 0.15) is 5.78 Å². The Morgan fingerprint density at radius 1 is 0.935 bits per heavy atom. The first-order valence-electron chi connectivity index (χ1n) is 9.65. The largest absolute Gasteiger partial charge is 0.346 e. The van der Waals surface area contributed by atoms with Gasteiger partial charge in [0.05, 0.1) is 11.4 Å². The molecule has 0 radical (unpaired) electrons. The summed E-state index contributed by atoms with van der Waals surface area (Å²) in [7, 11) is -4.54. The summed E-state index contributed by atoms with van der Waals surface area (Å²) in [4.78, 5) is 20.4. The number of benzene rings is 3. The Kier molecular flexibility index (Phi) is 6.51. The van der Waals surface area contributed by atoms with Gasteiger partial charge in [0.15, 0.2) is 0 Å². The van der Waals surface area contributed by atoms with Gasteiger partial charge in [-0.15, -0.1) is 0 Å².